The molecule has 0 radical (unpaired) electrons. The van der Waals surface area contributed by atoms with Crippen LogP contribution in [-0.4, -0.2) is 13.2 Å². The van der Waals surface area contributed by atoms with Crippen LogP contribution in [0.15, 0.2) is 24.3 Å². The van der Waals surface area contributed by atoms with Crippen LogP contribution in [0.5, 0.6) is 0 Å². The molecule has 1 rings (SSSR count). The van der Waals surface area contributed by atoms with Crippen molar-refractivity contribution >= 4 is 12.9 Å². The first-order chi connectivity index (χ1) is 8.59. The summed E-state index contributed by atoms with van der Waals surface area (Å²) in [5, 5.41) is 0.711. The minimum absolute atomic E-state index is 0.343. The van der Waals surface area contributed by atoms with E-state index in [1.807, 2.05) is 38.1 Å². The van der Waals surface area contributed by atoms with Crippen molar-refractivity contribution in [2.75, 3.05) is 13.2 Å². The summed E-state index contributed by atoms with van der Waals surface area (Å²) in [5.41, 5.74) is 1.06. The number of rotatable bonds is 7. The highest BCUT2D eigenvalue weighted by Crippen LogP contribution is 2.48. The van der Waals surface area contributed by atoms with E-state index in [9.17, 15) is 4.57 Å². The highest BCUT2D eigenvalue weighted by molar-refractivity contribution is 7.62. The Hall–Kier alpha value is -0.630. The van der Waals surface area contributed by atoms with E-state index in [0.29, 0.717) is 24.4 Å². The summed E-state index contributed by atoms with van der Waals surface area (Å²) >= 11 is 0. The first-order valence-electron chi connectivity index (χ1n) is 6.57. The molecule has 0 aliphatic rings. The fourth-order valence-electron chi connectivity index (χ4n) is 1.89. The zero-order valence-corrected chi connectivity index (χ0v) is 12.6. The molecular weight excluding hydrogens is 247 g/mol. The van der Waals surface area contributed by atoms with Crippen LogP contribution in [0.2, 0.25) is 0 Å². The Morgan fingerprint density at radius 3 is 2.17 bits per heavy atom. The van der Waals surface area contributed by atoms with Crippen molar-refractivity contribution < 1.29 is 13.6 Å². The molecule has 1 aromatic carbocycles. The van der Waals surface area contributed by atoms with Gasteiger partial charge in [-0.05, 0) is 37.8 Å². The molecule has 0 heterocycles. The fraction of sp³-hybridized carbons (Fsp3) is 0.571. The quantitative estimate of drug-likeness (QED) is 0.700. The monoisotopic (exact) mass is 270 g/mol. The van der Waals surface area contributed by atoms with Gasteiger partial charge in [0, 0.05) is 0 Å². The molecule has 0 spiro atoms. The van der Waals surface area contributed by atoms with Gasteiger partial charge in [0.15, 0.2) is 0 Å². The summed E-state index contributed by atoms with van der Waals surface area (Å²) in [4.78, 5) is 0. The first-order valence-corrected chi connectivity index (χ1v) is 8.11. The van der Waals surface area contributed by atoms with Crippen LogP contribution in [0.4, 0.5) is 0 Å². The summed E-state index contributed by atoms with van der Waals surface area (Å²) in [5.74, 6) is 0.343. The third kappa shape index (κ3) is 3.44. The normalized spacial score (nSPS) is 13.6. The van der Waals surface area contributed by atoms with E-state index in [1.54, 1.807) is 0 Å². The summed E-state index contributed by atoms with van der Waals surface area (Å²) in [6, 6.07) is 7.71. The van der Waals surface area contributed by atoms with E-state index in [1.165, 1.54) is 0 Å². The average molecular weight is 270 g/mol. The maximum absolute atomic E-state index is 12.8. The van der Waals surface area contributed by atoms with Crippen molar-refractivity contribution in [1.29, 1.82) is 0 Å². The first kappa shape index (κ1) is 15.4. The van der Waals surface area contributed by atoms with Gasteiger partial charge in [0.25, 0.3) is 0 Å². The van der Waals surface area contributed by atoms with E-state index in [-0.39, 0.29) is 0 Å². The third-order valence-electron chi connectivity index (χ3n) is 2.97. The largest absolute Gasteiger partial charge is 0.361 e. The van der Waals surface area contributed by atoms with Crippen LogP contribution in [0.1, 0.15) is 45.6 Å². The van der Waals surface area contributed by atoms with Crippen LogP contribution in [0, 0.1) is 0 Å². The lowest BCUT2D eigenvalue weighted by molar-refractivity contribution is 0.229. The molecule has 0 N–H and O–H groups in total. The average Bonchev–Trinajstić information content (AvgIpc) is 2.38. The van der Waals surface area contributed by atoms with Crippen molar-refractivity contribution in [1.82, 2.24) is 0 Å². The topological polar surface area (TPSA) is 35.5 Å². The Labute approximate surface area is 110 Å². The standard InChI is InChI=1S/C14H23O3P/c1-5-12(4)13-10-8-9-11-14(13)18(15,16-6-2)17-7-3/h8-12H,5-7H2,1-4H3. The molecule has 1 unspecified atom stereocenters. The van der Waals surface area contributed by atoms with Crippen molar-refractivity contribution in [3.8, 4) is 0 Å². The van der Waals surface area contributed by atoms with Gasteiger partial charge in [-0.1, -0.05) is 32.0 Å². The van der Waals surface area contributed by atoms with Crippen LogP contribution >= 0.6 is 7.60 Å². The second kappa shape index (κ2) is 7.08. The number of hydrogen-bond donors (Lipinski definition) is 0. The van der Waals surface area contributed by atoms with Gasteiger partial charge in [0.2, 0.25) is 0 Å². The second-order valence-electron chi connectivity index (χ2n) is 4.20. The molecule has 0 saturated heterocycles. The summed E-state index contributed by atoms with van der Waals surface area (Å²) in [6.45, 7) is 8.67. The predicted molar refractivity (Wildman–Crippen MR) is 75.6 cm³/mol. The molecule has 0 bridgehead atoms. The van der Waals surface area contributed by atoms with Crippen LogP contribution < -0.4 is 5.30 Å². The third-order valence-corrected chi connectivity index (χ3v) is 5.17. The van der Waals surface area contributed by atoms with Crippen molar-refractivity contribution in [2.24, 2.45) is 0 Å². The highest BCUT2D eigenvalue weighted by atomic mass is 31.2. The Morgan fingerprint density at radius 2 is 1.67 bits per heavy atom. The van der Waals surface area contributed by atoms with Gasteiger partial charge in [-0.25, -0.2) is 0 Å². The van der Waals surface area contributed by atoms with Gasteiger partial charge in [-0.2, -0.15) is 0 Å². The zero-order valence-electron chi connectivity index (χ0n) is 11.7. The maximum Gasteiger partial charge on any atom is 0.361 e. The van der Waals surface area contributed by atoms with E-state index in [2.05, 4.69) is 13.8 Å². The van der Waals surface area contributed by atoms with Gasteiger partial charge in [-0.15, -0.1) is 0 Å². The van der Waals surface area contributed by atoms with Crippen molar-refractivity contribution in [3.05, 3.63) is 29.8 Å². The fourth-order valence-corrected chi connectivity index (χ4v) is 3.80. The molecule has 0 aromatic heterocycles. The summed E-state index contributed by atoms with van der Waals surface area (Å²) < 4.78 is 23.7. The lowest BCUT2D eigenvalue weighted by Crippen LogP contribution is -2.17. The molecule has 102 valence electrons. The van der Waals surface area contributed by atoms with Gasteiger partial charge in [-0.3, -0.25) is 4.57 Å². The molecule has 4 heteroatoms. The molecular formula is C14H23O3P. The molecule has 3 nitrogen and oxygen atoms in total. The van der Waals surface area contributed by atoms with Gasteiger partial charge >= 0.3 is 7.60 Å². The highest BCUT2D eigenvalue weighted by Gasteiger charge is 2.30. The smallest absolute Gasteiger partial charge is 0.305 e. The molecule has 1 aromatic rings. The minimum Gasteiger partial charge on any atom is -0.305 e. The number of benzene rings is 1. The maximum atomic E-state index is 12.8. The number of hydrogen-bond acceptors (Lipinski definition) is 3. The second-order valence-corrected chi connectivity index (χ2v) is 6.19. The van der Waals surface area contributed by atoms with E-state index in [0.717, 1.165) is 12.0 Å². The Bertz CT molecular complexity index is 407. The molecule has 0 saturated carbocycles. The van der Waals surface area contributed by atoms with Crippen LogP contribution in [0.25, 0.3) is 0 Å². The molecule has 0 fully saturated rings. The molecule has 0 aliphatic carbocycles. The van der Waals surface area contributed by atoms with Gasteiger partial charge in [0.1, 0.15) is 0 Å². The van der Waals surface area contributed by atoms with E-state index >= 15 is 0 Å². The lowest BCUT2D eigenvalue weighted by atomic mass is 9.99. The van der Waals surface area contributed by atoms with Crippen LogP contribution in [-0.2, 0) is 13.6 Å². The molecule has 0 amide bonds. The van der Waals surface area contributed by atoms with E-state index in [4.69, 9.17) is 9.05 Å². The Balaban J connectivity index is 3.23. The predicted octanol–water partition coefficient (Wildman–Crippen LogP) is 4.09. The molecule has 0 aliphatic heterocycles. The Kier molecular flexibility index (Phi) is 6.07. The lowest BCUT2D eigenvalue weighted by Gasteiger charge is -2.22. The van der Waals surface area contributed by atoms with E-state index < -0.39 is 7.60 Å². The van der Waals surface area contributed by atoms with Crippen LogP contribution in [0.3, 0.4) is 0 Å². The summed E-state index contributed by atoms with van der Waals surface area (Å²) in [7, 11) is -3.18. The molecule has 1 atom stereocenters. The van der Waals surface area contributed by atoms with Gasteiger partial charge in [0.05, 0.1) is 18.5 Å². The minimum atomic E-state index is -3.18. The summed E-state index contributed by atoms with van der Waals surface area (Å²) in [6.07, 6.45) is 0.995. The molecule has 18 heavy (non-hydrogen) atoms. The zero-order chi connectivity index (χ0) is 13.6. The van der Waals surface area contributed by atoms with Crippen molar-refractivity contribution in [2.45, 2.75) is 40.0 Å². The SMILES string of the molecule is CCOP(=O)(OCC)c1ccccc1C(C)CC. The van der Waals surface area contributed by atoms with Crippen molar-refractivity contribution in [3.63, 3.8) is 0 Å². The Morgan fingerprint density at radius 1 is 1.11 bits per heavy atom. The van der Waals surface area contributed by atoms with Gasteiger partial charge < -0.3 is 9.05 Å².